The van der Waals surface area contributed by atoms with Gasteiger partial charge in [0.05, 0.1) is 24.0 Å². The van der Waals surface area contributed by atoms with Gasteiger partial charge in [-0.1, -0.05) is 13.8 Å². The van der Waals surface area contributed by atoms with Crippen LogP contribution in [0.5, 0.6) is 0 Å². The Balaban J connectivity index is 0. The summed E-state index contributed by atoms with van der Waals surface area (Å²) in [5, 5.41) is 0. The Morgan fingerprint density at radius 2 is 0.922 bits per heavy atom. The van der Waals surface area contributed by atoms with Gasteiger partial charge >= 0.3 is 29.5 Å². The number of carbonyl (C=O) groups is 2. The fourth-order valence-corrected chi connectivity index (χ4v) is 9.52. The minimum Gasteiger partial charge on any atom is -0.463 e. The van der Waals surface area contributed by atoms with Crippen LogP contribution < -0.4 is 0 Å². The van der Waals surface area contributed by atoms with Gasteiger partial charge in [0.15, 0.2) is 0 Å². The third-order valence-corrected chi connectivity index (χ3v) is 14.3. The van der Waals surface area contributed by atoms with Crippen LogP contribution in [0.3, 0.4) is 0 Å². The Morgan fingerprint density at radius 1 is 0.529 bits per heavy atom. The lowest BCUT2D eigenvalue weighted by atomic mass is 9.91. The highest BCUT2D eigenvalue weighted by Crippen LogP contribution is 2.23. The van der Waals surface area contributed by atoms with Crippen molar-refractivity contribution < 1.29 is 59.8 Å². The summed E-state index contributed by atoms with van der Waals surface area (Å²) in [6.07, 6.45) is 2.52. The van der Waals surface area contributed by atoms with Gasteiger partial charge in [-0.15, -0.1) is 0 Å². The number of ether oxygens (including phenoxy) is 5. The van der Waals surface area contributed by atoms with Crippen molar-refractivity contribution in [2.45, 2.75) is 127 Å². The van der Waals surface area contributed by atoms with E-state index in [1.165, 1.54) is 0 Å². The molecule has 0 N–H and O–H groups in total. The average Bonchev–Trinajstić information content (AvgIpc) is 3.09. The Hall–Kier alpha value is -0.986. The van der Waals surface area contributed by atoms with Crippen LogP contribution in [0.15, 0.2) is 0 Å². The second-order valence-electron chi connectivity index (χ2n) is 12.9. The summed E-state index contributed by atoms with van der Waals surface area (Å²) >= 11 is 0. The van der Waals surface area contributed by atoms with Crippen molar-refractivity contribution >= 4 is 29.5 Å². The van der Waals surface area contributed by atoms with E-state index in [0.717, 1.165) is 12.8 Å². The molecule has 0 rings (SSSR count). The molecule has 0 aliphatic rings. The van der Waals surface area contributed by atoms with Gasteiger partial charge in [-0.3, -0.25) is 9.59 Å². The van der Waals surface area contributed by atoms with Gasteiger partial charge in [-0.05, 0) is 94.9 Å². The monoisotopic (exact) mass is 772 g/mol. The zero-order valence-corrected chi connectivity index (χ0v) is 36.6. The van der Waals surface area contributed by atoms with Crippen LogP contribution in [-0.2, 0) is 59.8 Å². The molecule has 51 heavy (non-hydrogen) atoms. The summed E-state index contributed by atoms with van der Waals surface area (Å²) in [6, 6.07) is 1.32. The Kier molecular flexibility index (Phi) is 31.0. The topological polar surface area (TPSA) is 136 Å². The molecule has 0 bridgehead atoms. The van der Waals surface area contributed by atoms with Crippen molar-refractivity contribution in [3.63, 3.8) is 0 Å². The molecule has 1 atom stereocenters. The molecule has 1 unspecified atom stereocenters. The minimum atomic E-state index is -2.74. The summed E-state index contributed by atoms with van der Waals surface area (Å²) in [7, 11) is -3.86. The third-order valence-electron chi connectivity index (χ3n) is 8.04. The van der Waals surface area contributed by atoms with Crippen LogP contribution >= 0.6 is 0 Å². The van der Waals surface area contributed by atoms with E-state index < -0.39 is 29.1 Å². The Labute approximate surface area is 313 Å². The van der Waals surface area contributed by atoms with Crippen LogP contribution in [0.4, 0.5) is 0 Å². The van der Waals surface area contributed by atoms with E-state index in [0.29, 0.717) is 97.6 Å². The van der Waals surface area contributed by atoms with E-state index in [1.807, 2.05) is 83.1 Å². The predicted octanol–water partition coefficient (Wildman–Crippen LogP) is 6.86. The fraction of sp³-hybridized carbons (Fsp3) is 0.944. The number of carbonyl (C=O) groups excluding carboxylic acids is 2. The maximum atomic E-state index is 12.5. The highest BCUT2D eigenvalue weighted by atomic mass is 28.4. The molecule has 0 aromatic carbocycles. The number of esters is 2. The highest BCUT2D eigenvalue weighted by molar-refractivity contribution is 6.61. The van der Waals surface area contributed by atoms with Crippen LogP contribution in [0.2, 0.25) is 12.1 Å². The molecule has 0 aliphatic heterocycles. The van der Waals surface area contributed by atoms with Gasteiger partial charge in [0.1, 0.15) is 19.3 Å². The Bertz CT molecular complexity index is 827. The van der Waals surface area contributed by atoms with E-state index >= 15 is 0 Å². The lowest BCUT2D eigenvalue weighted by Crippen LogP contribution is -2.46. The summed E-state index contributed by atoms with van der Waals surface area (Å²) in [5.74, 6) is -0.392. The van der Waals surface area contributed by atoms with Gasteiger partial charge in [0.25, 0.3) is 0 Å². The number of rotatable bonds is 32. The van der Waals surface area contributed by atoms with E-state index in [9.17, 15) is 9.59 Å². The predicted molar refractivity (Wildman–Crippen MR) is 203 cm³/mol. The number of methoxy groups -OCH3 is 1. The molecular formula is C36H76O13Si2. The van der Waals surface area contributed by atoms with Crippen molar-refractivity contribution in [1.29, 1.82) is 0 Å². The average molecular weight is 773 g/mol. The van der Waals surface area contributed by atoms with Gasteiger partial charge in [0, 0.05) is 72.1 Å². The molecule has 0 saturated carbocycles. The summed E-state index contributed by atoms with van der Waals surface area (Å²) in [4.78, 5) is 23.8. The first-order valence-corrected chi connectivity index (χ1v) is 22.9. The van der Waals surface area contributed by atoms with Gasteiger partial charge in [0.2, 0.25) is 0 Å². The first-order chi connectivity index (χ1) is 24.2. The van der Waals surface area contributed by atoms with E-state index in [-0.39, 0.29) is 24.0 Å². The first-order valence-electron chi connectivity index (χ1n) is 19.0. The molecule has 0 aromatic rings. The maximum Gasteiger partial charge on any atom is 0.501 e. The zero-order chi connectivity index (χ0) is 39.2. The second kappa shape index (κ2) is 30.4. The maximum absolute atomic E-state index is 12.5. The molecule has 0 aromatic heterocycles. The van der Waals surface area contributed by atoms with Crippen molar-refractivity contribution in [2.24, 2.45) is 10.8 Å². The molecule has 306 valence electrons. The van der Waals surface area contributed by atoms with Gasteiger partial charge in [-0.2, -0.15) is 0 Å². The SMILES string of the molecule is CCC(C)(C)C(=O)OCCOC.CCO[Si](CCCOCC(COC(=O)C(C)(C)CC)OCCC[Si](OCC)(OCC)OCC)(OCC)OCC. The standard InChI is InChI=1S/C27H58O10Si2.C9H18O3/c1-10-27(8,9)26(28)31-24-25(30-20-18-22-39(35-14-5,36-15-6)37-16-7)23-29-19-17-21-38(32-11-2,33-12-3)34-13-4;1-5-9(2,3)8(10)12-7-6-11-4/h25H,10-24H2,1-9H3;5-7H2,1-4H3. The molecule has 0 amide bonds. The normalized spacial score (nSPS) is 13.0. The molecule has 15 heteroatoms. The first kappa shape index (κ1) is 52.1. The number of hydrogen-bond acceptors (Lipinski definition) is 13. The number of hydrogen-bond donors (Lipinski definition) is 0. The van der Waals surface area contributed by atoms with Crippen molar-refractivity contribution in [3.8, 4) is 0 Å². The summed E-state index contributed by atoms with van der Waals surface area (Å²) < 4.78 is 63.0. The van der Waals surface area contributed by atoms with Gasteiger partial charge in [-0.25, -0.2) is 0 Å². The van der Waals surface area contributed by atoms with E-state index in [1.54, 1.807) is 7.11 Å². The van der Waals surface area contributed by atoms with Crippen LogP contribution in [-0.4, -0.2) is 122 Å². The Morgan fingerprint density at radius 3 is 1.29 bits per heavy atom. The van der Waals surface area contributed by atoms with E-state index in [4.69, 9.17) is 50.2 Å². The molecule has 0 saturated heterocycles. The molecule has 0 fully saturated rings. The third kappa shape index (κ3) is 23.4. The minimum absolute atomic E-state index is 0.128. The largest absolute Gasteiger partial charge is 0.501 e. The molecule has 0 spiro atoms. The molecule has 0 heterocycles. The van der Waals surface area contributed by atoms with Crippen molar-refractivity contribution in [2.75, 3.05) is 86.4 Å². The zero-order valence-electron chi connectivity index (χ0n) is 34.6. The summed E-state index contributed by atoms with van der Waals surface area (Å²) in [5.41, 5.74) is -0.914. The van der Waals surface area contributed by atoms with Crippen molar-refractivity contribution in [3.05, 3.63) is 0 Å². The molecule has 0 radical (unpaired) electrons. The molecule has 13 nitrogen and oxygen atoms in total. The van der Waals surface area contributed by atoms with Crippen LogP contribution in [0.1, 0.15) is 109 Å². The quantitative estimate of drug-likeness (QED) is 0.0401. The second-order valence-corrected chi connectivity index (χ2v) is 18.4. The van der Waals surface area contributed by atoms with Gasteiger partial charge < -0.3 is 50.2 Å². The van der Waals surface area contributed by atoms with Crippen LogP contribution in [0, 0.1) is 10.8 Å². The van der Waals surface area contributed by atoms with Crippen molar-refractivity contribution in [1.82, 2.24) is 0 Å². The van der Waals surface area contributed by atoms with E-state index in [2.05, 4.69) is 0 Å². The lowest BCUT2D eigenvalue weighted by Gasteiger charge is -2.29. The molecule has 0 aliphatic carbocycles. The smallest absolute Gasteiger partial charge is 0.463 e. The highest BCUT2D eigenvalue weighted by Gasteiger charge is 2.41. The molecular weight excluding hydrogens is 697 g/mol. The fourth-order valence-electron chi connectivity index (χ4n) is 4.36. The lowest BCUT2D eigenvalue weighted by molar-refractivity contribution is -0.160. The summed E-state index contributed by atoms with van der Waals surface area (Å²) in [6.45, 7) is 28.5. The van der Waals surface area contributed by atoms with Crippen LogP contribution in [0.25, 0.3) is 0 Å².